The Morgan fingerprint density at radius 1 is 1.09 bits per heavy atom. The lowest BCUT2D eigenvalue weighted by Crippen LogP contribution is -2.29. The maximum Gasteiger partial charge on any atom is 0.242 e. The van der Waals surface area contributed by atoms with Crippen LogP contribution in [0.1, 0.15) is 36.9 Å². The van der Waals surface area contributed by atoms with Gasteiger partial charge in [-0.2, -0.15) is 5.26 Å². The van der Waals surface area contributed by atoms with Gasteiger partial charge in [0.25, 0.3) is 0 Å². The van der Waals surface area contributed by atoms with E-state index in [1.54, 1.807) is 12.1 Å². The van der Waals surface area contributed by atoms with Crippen LogP contribution < -0.4 is 4.72 Å². The Kier molecular flexibility index (Phi) is 5.31. The number of hydrogen-bond donors (Lipinski definition) is 1. The Bertz CT molecular complexity index is 765. The zero-order valence-corrected chi connectivity index (χ0v) is 13.2. The quantitative estimate of drug-likeness (QED) is 0.888. The van der Waals surface area contributed by atoms with Gasteiger partial charge in [0, 0.05) is 6.04 Å². The van der Waals surface area contributed by atoms with Crippen molar-refractivity contribution in [3.63, 3.8) is 0 Å². The van der Waals surface area contributed by atoms with Crippen LogP contribution in [0.3, 0.4) is 0 Å². The van der Waals surface area contributed by atoms with Crippen LogP contribution in [0, 0.1) is 11.3 Å². The lowest BCUT2D eigenvalue weighted by molar-refractivity contribution is 0.536. The highest BCUT2D eigenvalue weighted by Gasteiger charge is 2.23. The van der Waals surface area contributed by atoms with Crippen LogP contribution in [-0.2, 0) is 10.0 Å². The zero-order chi connectivity index (χ0) is 16.0. The van der Waals surface area contributed by atoms with Crippen LogP contribution in [0.2, 0.25) is 0 Å². The minimum absolute atomic E-state index is 0.0227. The number of hydrogen-bond acceptors (Lipinski definition) is 3. The molecule has 0 saturated heterocycles. The number of nitriles is 1. The van der Waals surface area contributed by atoms with Crippen molar-refractivity contribution in [3.05, 3.63) is 65.7 Å². The Morgan fingerprint density at radius 2 is 1.73 bits per heavy atom. The van der Waals surface area contributed by atoms with Gasteiger partial charge in [-0.25, -0.2) is 13.1 Å². The molecule has 114 valence electrons. The van der Waals surface area contributed by atoms with Crippen molar-refractivity contribution in [2.75, 3.05) is 0 Å². The van der Waals surface area contributed by atoms with E-state index in [-0.39, 0.29) is 16.5 Å². The normalized spacial score (nSPS) is 12.5. The molecule has 0 saturated carbocycles. The molecule has 1 N–H and O–H groups in total. The molecular formula is C17H18N2O2S. The van der Waals surface area contributed by atoms with Crippen molar-refractivity contribution in [1.82, 2.24) is 4.72 Å². The highest BCUT2D eigenvalue weighted by Crippen LogP contribution is 2.22. The van der Waals surface area contributed by atoms with Gasteiger partial charge < -0.3 is 0 Å². The molecule has 0 aliphatic carbocycles. The van der Waals surface area contributed by atoms with Crippen LogP contribution in [0.25, 0.3) is 0 Å². The van der Waals surface area contributed by atoms with E-state index >= 15 is 0 Å². The predicted molar refractivity (Wildman–Crippen MR) is 85.6 cm³/mol. The van der Waals surface area contributed by atoms with E-state index in [1.165, 1.54) is 12.1 Å². The minimum Gasteiger partial charge on any atom is -0.207 e. The van der Waals surface area contributed by atoms with E-state index in [2.05, 4.69) is 4.72 Å². The summed E-state index contributed by atoms with van der Waals surface area (Å²) >= 11 is 0. The fraction of sp³-hybridized carbons (Fsp3) is 0.235. The Balaban J connectivity index is 2.35. The van der Waals surface area contributed by atoms with Crippen LogP contribution >= 0.6 is 0 Å². The monoisotopic (exact) mass is 314 g/mol. The fourth-order valence-electron chi connectivity index (χ4n) is 2.31. The van der Waals surface area contributed by atoms with E-state index in [9.17, 15) is 8.42 Å². The average Bonchev–Trinajstić information content (AvgIpc) is 2.55. The molecule has 4 nitrogen and oxygen atoms in total. The third kappa shape index (κ3) is 3.73. The summed E-state index contributed by atoms with van der Waals surface area (Å²) in [6.07, 6.45) is 1.54. The summed E-state index contributed by atoms with van der Waals surface area (Å²) in [5.41, 5.74) is 1.07. The van der Waals surface area contributed by atoms with Gasteiger partial charge in [-0.15, -0.1) is 0 Å². The highest BCUT2D eigenvalue weighted by molar-refractivity contribution is 7.89. The van der Waals surface area contributed by atoms with E-state index in [0.717, 1.165) is 12.0 Å². The minimum atomic E-state index is -3.75. The lowest BCUT2D eigenvalue weighted by atomic mass is 10.0. The van der Waals surface area contributed by atoms with Crippen molar-refractivity contribution in [3.8, 4) is 6.07 Å². The Morgan fingerprint density at radius 3 is 2.36 bits per heavy atom. The second-order valence-electron chi connectivity index (χ2n) is 4.98. The number of nitrogens with zero attached hydrogens (tertiary/aromatic N) is 1. The van der Waals surface area contributed by atoms with Crippen molar-refractivity contribution in [2.45, 2.75) is 30.7 Å². The first-order chi connectivity index (χ1) is 10.6. The molecule has 0 heterocycles. The number of rotatable bonds is 6. The first kappa shape index (κ1) is 16.2. The fourth-order valence-corrected chi connectivity index (χ4v) is 3.73. The SMILES string of the molecule is CCCC(NS(=O)(=O)c1ccccc1C#N)c1ccccc1. The molecular weight excluding hydrogens is 296 g/mol. The molecule has 0 aliphatic rings. The summed E-state index contributed by atoms with van der Waals surface area (Å²) in [4.78, 5) is 0.0227. The smallest absolute Gasteiger partial charge is 0.207 e. The van der Waals surface area contributed by atoms with E-state index < -0.39 is 10.0 Å². The van der Waals surface area contributed by atoms with Crippen molar-refractivity contribution >= 4 is 10.0 Å². The molecule has 0 aliphatic heterocycles. The standard InChI is InChI=1S/C17H18N2O2S/c1-2-8-16(14-9-4-3-5-10-14)19-22(20,21)17-12-7-6-11-15(17)13-18/h3-7,9-12,16,19H,2,8H2,1H3. The molecule has 0 radical (unpaired) electrons. The average molecular weight is 314 g/mol. The topological polar surface area (TPSA) is 70.0 Å². The summed E-state index contributed by atoms with van der Waals surface area (Å²) in [5, 5.41) is 9.09. The third-order valence-corrected chi connectivity index (χ3v) is 4.90. The van der Waals surface area contributed by atoms with Gasteiger partial charge in [0.15, 0.2) is 0 Å². The third-order valence-electron chi connectivity index (χ3n) is 3.37. The van der Waals surface area contributed by atoms with Gasteiger partial charge in [0.05, 0.1) is 10.5 Å². The predicted octanol–water partition coefficient (Wildman–Crippen LogP) is 3.38. The number of sulfonamides is 1. The summed E-state index contributed by atoms with van der Waals surface area (Å²) in [5.74, 6) is 0. The molecule has 0 fully saturated rings. The second kappa shape index (κ2) is 7.21. The molecule has 2 rings (SSSR count). The maximum absolute atomic E-state index is 12.6. The van der Waals surface area contributed by atoms with Gasteiger partial charge >= 0.3 is 0 Å². The molecule has 22 heavy (non-hydrogen) atoms. The molecule has 0 bridgehead atoms. The van der Waals surface area contributed by atoms with Gasteiger partial charge in [-0.1, -0.05) is 55.8 Å². The van der Waals surface area contributed by atoms with Crippen molar-refractivity contribution < 1.29 is 8.42 Å². The maximum atomic E-state index is 12.6. The van der Waals surface area contributed by atoms with E-state index in [4.69, 9.17) is 5.26 Å². The summed E-state index contributed by atoms with van der Waals surface area (Å²) in [7, 11) is -3.75. The van der Waals surface area contributed by atoms with Crippen molar-refractivity contribution in [2.24, 2.45) is 0 Å². The Hall–Kier alpha value is -2.16. The first-order valence-corrected chi connectivity index (χ1v) is 8.63. The van der Waals surface area contributed by atoms with Gasteiger partial charge in [0.2, 0.25) is 10.0 Å². The first-order valence-electron chi connectivity index (χ1n) is 7.15. The summed E-state index contributed by atoms with van der Waals surface area (Å²) in [6, 6.07) is 17.3. The van der Waals surface area contributed by atoms with E-state index in [0.29, 0.717) is 6.42 Å². The molecule has 0 aromatic heterocycles. The zero-order valence-electron chi connectivity index (χ0n) is 12.4. The van der Waals surface area contributed by atoms with Crippen LogP contribution in [0.4, 0.5) is 0 Å². The summed E-state index contributed by atoms with van der Waals surface area (Å²) < 4.78 is 27.9. The molecule has 5 heteroatoms. The van der Waals surface area contributed by atoms with Crippen LogP contribution in [0.15, 0.2) is 59.5 Å². The largest absolute Gasteiger partial charge is 0.242 e. The van der Waals surface area contributed by atoms with Crippen LogP contribution in [-0.4, -0.2) is 8.42 Å². The molecule has 0 spiro atoms. The summed E-state index contributed by atoms with van der Waals surface area (Å²) in [6.45, 7) is 2.01. The van der Waals surface area contributed by atoms with E-state index in [1.807, 2.05) is 43.3 Å². The number of benzene rings is 2. The second-order valence-corrected chi connectivity index (χ2v) is 6.66. The molecule has 1 unspecified atom stereocenters. The molecule has 2 aromatic rings. The molecule has 2 aromatic carbocycles. The number of nitrogens with one attached hydrogen (secondary N) is 1. The van der Waals surface area contributed by atoms with Gasteiger partial charge in [0.1, 0.15) is 6.07 Å². The van der Waals surface area contributed by atoms with Gasteiger partial charge in [-0.3, -0.25) is 0 Å². The lowest BCUT2D eigenvalue weighted by Gasteiger charge is -2.19. The highest BCUT2D eigenvalue weighted by atomic mass is 32.2. The molecule has 1 atom stereocenters. The Labute approximate surface area is 131 Å². The van der Waals surface area contributed by atoms with Gasteiger partial charge in [-0.05, 0) is 24.1 Å². The van der Waals surface area contributed by atoms with Crippen LogP contribution in [0.5, 0.6) is 0 Å². The molecule has 0 amide bonds. The van der Waals surface area contributed by atoms with Crippen molar-refractivity contribution in [1.29, 1.82) is 5.26 Å².